The van der Waals surface area contributed by atoms with Crippen molar-refractivity contribution in [1.29, 1.82) is 0 Å². The molecule has 1 aliphatic rings. The van der Waals surface area contributed by atoms with Gasteiger partial charge in [-0.2, -0.15) is 5.06 Å². The molecule has 1 amide bonds. The Morgan fingerprint density at radius 2 is 2.07 bits per heavy atom. The van der Waals surface area contributed by atoms with Gasteiger partial charge in [0.15, 0.2) is 0 Å². The van der Waals surface area contributed by atoms with Gasteiger partial charge in [-0.25, -0.2) is 4.79 Å². The summed E-state index contributed by atoms with van der Waals surface area (Å²) in [5.74, 6) is -0.0499. The van der Waals surface area contributed by atoms with Gasteiger partial charge >= 0.3 is 5.97 Å². The summed E-state index contributed by atoms with van der Waals surface area (Å²) in [6, 6.07) is 0. The number of hydroxylamine groups is 2. The molecule has 0 aromatic rings. The Morgan fingerprint density at radius 3 is 2.60 bits per heavy atom. The van der Waals surface area contributed by atoms with Gasteiger partial charge in [0, 0.05) is 6.42 Å². The van der Waals surface area contributed by atoms with E-state index in [1.807, 2.05) is 6.92 Å². The Bertz CT molecular complexity index is 267. The molecule has 0 bridgehead atoms. The second-order valence-corrected chi connectivity index (χ2v) is 5.23. The molecule has 1 aliphatic heterocycles. The van der Waals surface area contributed by atoms with Crippen molar-refractivity contribution in [3.8, 4) is 0 Å². The maximum Gasteiger partial charge on any atom is 0.337 e. The van der Waals surface area contributed by atoms with Crippen molar-refractivity contribution in [1.82, 2.24) is 5.06 Å². The minimum absolute atomic E-state index is 0.0919. The van der Waals surface area contributed by atoms with Gasteiger partial charge in [0.05, 0.1) is 12.0 Å². The first kappa shape index (κ1) is 12.0. The van der Waals surface area contributed by atoms with E-state index in [0.29, 0.717) is 18.9 Å². The van der Waals surface area contributed by atoms with Crippen LogP contribution in [-0.2, 0) is 14.4 Å². The van der Waals surface area contributed by atoms with Gasteiger partial charge in [0.2, 0.25) is 0 Å². The highest BCUT2D eigenvalue weighted by atomic mass is 16.7. The number of hydrogen-bond donors (Lipinski definition) is 0. The van der Waals surface area contributed by atoms with E-state index in [4.69, 9.17) is 4.84 Å². The molecule has 1 rings (SSSR count). The number of hydrogen-bond acceptors (Lipinski definition) is 3. The average molecular weight is 213 g/mol. The van der Waals surface area contributed by atoms with Gasteiger partial charge in [-0.3, -0.25) is 4.79 Å². The van der Waals surface area contributed by atoms with Crippen molar-refractivity contribution in [3.05, 3.63) is 0 Å². The van der Waals surface area contributed by atoms with E-state index in [9.17, 15) is 9.59 Å². The quantitative estimate of drug-likeness (QED) is 0.666. The first-order valence-electron chi connectivity index (χ1n) is 5.33. The molecule has 0 saturated carbocycles. The Balaban J connectivity index is 2.57. The molecule has 0 aromatic heterocycles. The molecule has 0 spiro atoms. The summed E-state index contributed by atoms with van der Waals surface area (Å²) in [6.07, 6.45) is 1.35. The first-order chi connectivity index (χ1) is 6.80. The lowest BCUT2D eigenvalue weighted by molar-refractivity contribution is -0.210. The topological polar surface area (TPSA) is 46.6 Å². The van der Waals surface area contributed by atoms with Crippen LogP contribution >= 0.6 is 0 Å². The Labute approximate surface area is 90.5 Å². The highest BCUT2D eigenvalue weighted by molar-refractivity contribution is 5.80. The van der Waals surface area contributed by atoms with Crippen molar-refractivity contribution in [2.75, 3.05) is 6.54 Å². The first-order valence-corrected chi connectivity index (χ1v) is 5.33. The lowest BCUT2D eigenvalue weighted by atomic mass is 9.97. The summed E-state index contributed by atoms with van der Waals surface area (Å²) >= 11 is 0. The zero-order chi connectivity index (χ0) is 11.6. The largest absolute Gasteiger partial charge is 0.338 e. The van der Waals surface area contributed by atoms with Gasteiger partial charge in [-0.15, -0.1) is 0 Å². The highest BCUT2D eigenvalue weighted by Gasteiger charge is 2.31. The van der Waals surface area contributed by atoms with E-state index < -0.39 is 5.41 Å². The molecule has 86 valence electrons. The third-order valence-corrected chi connectivity index (χ3v) is 2.41. The molecule has 0 N–H and O–H groups in total. The molecular weight excluding hydrogens is 194 g/mol. The second kappa shape index (κ2) is 4.21. The van der Waals surface area contributed by atoms with Gasteiger partial charge in [0.1, 0.15) is 0 Å². The number of amides is 1. The molecule has 4 nitrogen and oxygen atoms in total. The molecule has 0 radical (unpaired) electrons. The van der Waals surface area contributed by atoms with Gasteiger partial charge < -0.3 is 4.84 Å². The molecule has 0 aromatic carbocycles. The number of carbonyl (C=O) groups excluding carboxylic acids is 2. The number of nitrogens with zero attached hydrogens (tertiary/aromatic N) is 1. The maximum absolute atomic E-state index is 11.6. The SMILES string of the molecule is CC1CCC(=O)N(OC(=O)C(C)(C)C)C1. The third kappa shape index (κ3) is 3.22. The summed E-state index contributed by atoms with van der Waals surface area (Å²) in [6.45, 7) is 7.87. The van der Waals surface area contributed by atoms with Crippen LogP contribution < -0.4 is 0 Å². The van der Waals surface area contributed by atoms with E-state index >= 15 is 0 Å². The average Bonchev–Trinajstić information content (AvgIpc) is 2.09. The summed E-state index contributed by atoms with van der Waals surface area (Å²) in [5.41, 5.74) is -0.568. The van der Waals surface area contributed by atoms with Crippen molar-refractivity contribution >= 4 is 11.9 Å². The van der Waals surface area contributed by atoms with Crippen LogP contribution in [0.3, 0.4) is 0 Å². The van der Waals surface area contributed by atoms with Crippen LogP contribution in [0.1, 0.15) is 40.5 Å². The van der Waals surface area contributed by atoms with Crippen molar-refractivity contribution < 1.29 is 14.4 Å². The minimum atomic E-state index is -0.568. The lowest BCUT2D eigenvalue weighted by Gasteiger charge is -2.30. The molecule has 0 aliphatic carbocycles. The zero-order valence-corrected chi connectivity index (χ0v) is 9.87. The fourth-order valence-electron chi connectivity index (χ4n) is 1.30. The predicted octanol–water partition coefficient (Wildman–Crippen LogP) is 1.75. The fourth-order valence-corrected chi connectivity index (χ4v) is 1.30. The third-order valence-electron chi connectivity index (χ3n) is 2.41. The van der Waals surface area contributed by atoms with E-state index in [1.54, 1.807) is 20.8 Å². The van der Waals surface area contributed by atoms with E-state index in [-0.39, 0.29) is 11.9 Å². The highest BCUT2D eigenvalue weighted by Crippen LogP contribution is 2.21. The zero-order valence-electron chi connectivity index (χ0n) is 9.87. The molecule has 15 heavy (non-hydrogen) atoms. The van der Waals surface area contributed by atoms with E-state index in [0.717, 1.165) is 6.42 Å². The molecule has 1 saturated heterocycles. The lowest BCUT2D eigenvalue weighted by Crippen LogP contribution is -2.42. The fraction of sp³-hybridized carbons (Fsp3) is 0.818. The van der Waals surface area contributed by atoms with Crippen LogP contribution in [0.2, 0.25) is 0 Å². The number of carbonyl (C=O) groups is 2. The van der Waals surface area contributed by atoms with Crippen LogP contribution in [0.15, 0.2) is 0 Å². The molecule has 4 heteroatoms. The monoisotopic (exact) mass is 213 g/mol. The Kier molecular flexibility index (Phi) is 3.37. The Hall–Kier alpha value is -1.06. The Morgan fingerprint density at radius 1 is 1.47 bits per heavy atom. The van der Waals surface area contributed by atoms with Gasteiger partial charge in [0.25, 0.3) is 5.91 Å². The van der Waals surface area contributed by atoms with Crippen LogP contribution in [0.4, 0.5) is 0 Å². The normalized spacial score (nSPS) is 22.8. The van der Waals surface area contributed by atoms with Crippen LogP contribution in [0, 0.1) is 11.3 Å². The molecule has 1 unspecified atom stereocenters. The maximum atomic E-state index is 11.6. The van der Waals surface area contributed by atoms with Crippen molar-refractivity contribution in [2.24, 2.45) is 11.3 Å². The van der Waals surface area contributed by atoms with Crippen LogP contribution in [0.25, 0.3) is 0 Å². The summed E-state index contributed by atoms with van der Waals surface area (Å²) in [7, 11) is 0. The van der Waals surface area contributed by atoms with Crippen LogP contribution in [-0.4, -0.2) is 23.5 Å². The standard InChI is InChI=1S/C11H19NO3/c1-8-5-6-9(13)12(7-8)15-10(14)11(2,3)4/h8H,5-7H2,1-4H3. The molecule has 1 heterocycles. The van der Waals surface area contributed by atoms with Crippen molar-refractivity contribution in [3.63, 3.8) is 0 Å². The van der Waals surface area contributed by atoms with Crippen LogP contribution in [0.5, 0.6) is 0 Å². The summed E-state index contributed by atoms with van der Waals surface area (Å²) < 4.78 is 0. The van der Waals surface area contributed by atoms with E-state index in [1.165, 1.54) is 5.06 Å². The molecule has 1 atom stereocenters. The second-order valence-electron chi connectivity index (χ2n) is 5.23. The smallest absolute Gasteiger partial charge is 0.337 e. The number of piperidine rings is 1. The van der Waals surface area contributed by atoms with Gasteiger partial charge in [-0.1, -0.05) is 6.92 Å². The van der Waals surface area contributed by atoms with Crippen molar-refractivity contribution in [2.45, 2.75) is 40.5 Å². The molecule has 1 fully saturated rings. The number of rotatable bonds is 1. The van der Waals surface area contributed by atoms with E-state index in [2.05, 4.69) is 0 Å². The summed E-state index contributed by atoms with van der Waals surface area (Å²) in [5, 5.41) is 1.21. The molecular formula is C11H19NO3. The minimum Gasteiger partial charge on any atom is -0.338 e. The summed E-state index contributed by atoms with van der Waals surface area (Å²) in [4.78, 5) is 28.1. The predicted molar refractivity (Wildman–Crippen MR) is 55.7 cm³/mol. The van der Waals surface area contributed by atoms with Gasteiger partial charge in [-0.05, 0) is 33.1 Å².